The van der Waals surface area contributed by atoms with E-state index in [1.54, 1.807) is 18.2 Å². The molecule has 0 bridgehead atoms. The Morgan fingerprint density at radius 3 is 2.37 bits per heavy atom. The Labute approximate surface area is 155 Å². The van der Waals surface area contributed by atoms with Gasteiger partial charge in [-0.1, -0.05) is 0 Å². The molecule has 0 fully saturated rings. The first-order valence-electron chi connectivity index (χ1n) is 8.10. The molecule has 0 unspecified atom stereocenters. The summed E-state index contributed by atoms with van der Waals surface area (Å²) in [7, 11) is 2.97. The van der Waals surface area contributed by atoms with Crippen molar-refractivity contribution in [3.8, 4) is 11.5 Å². The number of halogens is 2. The molecule has 0 aliphatic rings. The summed E-state index contributed by atoms with van der Waals surface area (Å²) < 4.78 is 36.6. The summed E-state index contributed by atoms with van der Waals surface area (Å²) in [5.74, 6) is -1.81. The van der Waals surface area contributed by atoms with Crippen LogP contribution in [0.15, 0.2) is 36.4 Å². The minimum Gasteiger partial charge on any atom is -0.497 e. The molecule has 0 heterocycles. The molecule has 8 heteroatoms. The van der Waals surface area contributed by atoms with Crippen LogP contribution in [0.3, 0.4) is 0 Å². The minimum absolute atomic E-state index is 0.0566. The van der Waals surface area contributed by atoms with Gasteiger partial charge < -0.3 is 19.7 Å². The van der Waals surface area contributed by atoms with E-state index < -0.39 is 17.5 Å². The Hall–Kier alpha value is -3.16. The fourth-order valence-electron chi connectivity index (χ4n) is 2.47. The number of nitrogens with one attached hydrogen (secondary N) is 1. The number of anilines is 2. The van der Waals surface area contributed by atoms with Gasteiger partial charge in [-0.05, 0) is 24.3 Å². The standard InChI is InChI=1S/C19H20F2N2O4/c1-12(24)23(17-11-14(26-2)5-7-18(17)27-3)9-8-19(25)22-13-4-6-15(20)16(21)10-13/h4-7,10-11H,8-9H2,1-3H3,(H,22,25). The highest BCUT2D eigenvalue weighted by Gasteiger charge is 2.18. The van der Waals surface area contributed by atoms with Crippen LogP contribution in [0.25, 0.3) is 0 Å². The lowest BCUT2D eigenvalue weighted by Gasteiger charge is -2.23. The van der Waals surface area contributed by atoms with E-state index in [-0.39, 0.29) is 24.6 Å². The zero-order valence-corrected chi connectivity index (χ0v) is 15.2. The zero-order valence-electron chi connectivity index (χ0n) is 15.2. The van der Waals surface area contributed by atoms with Crippen molar-refractivity contribution >= 4 is 23.2 Å². The van der Waals surface area contributed by atoms with E-state index in [0.717, 1.165) is 12.1 Å². The lowest BCUT2D eigenvalue weighted by Crippen LogP contribution is -2.32. The Bertz CT molecular complexity index is 842. The Balaban J connectivity index is 2.11. The van der Waals surface area contributed by atoms with Crippen molar-refractivity contribution in [1.29, 1.82) is 0 Å². The Kier molecular flexibility index (Phi) is 6.70. The largest absolute Gasteiger partial charge is 0.497 e. The van der Waals surface area contributed by atoms with Gasteiger partial charge in [0.1, 0.15) is 11.5 Å². The first kappa shape index (κ1) is 20.2. The molecule has 2 aromatic carbocycles. The molecule has 6 nitrogen and oxygen atoms in total. The average molecular weight is 378 g/mol. The smallest absolute Gasteiger partial charge is 0.226 e. The topological polar surface area (TPSA) is 67.9 Å². The second-order valence-corrected chi connectivity index (χ2v) is 5.64. The van der Waals surface area contributed by atoms with E-state index in [0.29, 0.717) is 17.2 Å². The molecule has 1 N–H and O–H groups in total. The van der Waals surface area contributed by atoms with Crippen LogP contribution in [0.5, 0.6) is 11.5 Å². The lowest BCUT2D eigenvalue weighted by atomic mass is 10.2. The van der Waals surface area contributed by atoms with Gasteiger partial charge in [0.15, 0.2) is 11.6 Å². The van der Waals surface area contributed by atoms with Gasteiger partial charge in [0.05, 0.1) is 19.9 Å². The SMILES string of the molecule is COc1ccc(OC)c(N(CCC(=O)Nc2ccc(F)c(F)c2)C(C)=O)c1. The predicted molar refractivity (Wildman–Crippen MR) is 97.2 cm³/mol. The van der Waals surface area contributed by atoms with Crippen LogP contribution in [-0.2, 0) is 9.59 Å². The molecular weight excluding hydrogens is 358 g/mol. The van der Waals surface area contributed by atoms with E-state index in [4.69, 9.17) is 9.47 Å². The minimum atomic E-state index is -1.06. The van der Waals surface area contributed by atoms with Crippen molar-refractivity contribution in [2.75, 3.05) is 31.0 Å². The van der Waals surface area contributed by atoms with Gasteiger partial charge in [-0.25, -0.2) is 8.78 Å². The van der Waals surface area contributed by atoms with Crippen molar-refractivity contribution in [3.63, 3.8) is 0 Å². The van der Waals surface area contributed by atoms with Crippen LogP contribution >= 0.6 is 0 Å². The lowest BCUT2D eigenvalue weighted by molar-refractivity contribution is -0.117. The highest BCUT2D eigenvalue weighted by atomic mass is 19.2. The number of benzene rings is 2. The summed E-state index contributed by atoms with van der Waals surface area (Å²) in [6.07, 6.45) is -0.0566. The van der Waals surface area contributed by atoms with E-state index >= 15 is 0 Å². The second-order valence-electron chi connectivity index (χ2n) is 5.64. The summed E-state index contributed by atoms with van der Waals surface area (Å²) in [6.45, 7) is 1.43. The molecule has 0 aromatic heterocycles. The molecule has 2 rings (SSSR count). The quantitative estimate of drug-likeness (QED) is 0.802. The molecule has 0 aliphatic carbocycles. The average Bonchev–Trinajstić information content (AvgIpc) is 2.64. The van der Waals surface area contributed by atoms with Crippen molar-refractivity contribution < 1.29 is 27.8 Å². The molecule has 2 aromatic rings. The number of ether oxygens (including phenoxy) is 2. The van der Waals surface area contributed by atoms with Gasteiger partial charge in [0.2, 0.25) is 11.8 Å². The van der Waals surface area contributed by atoms with Crippen molar-refractivity contribution in [3.05, 3.63) is 48.0 Å². The van der Waals surface area contributed by atoms with Gasteiger partial charge in [-0.3, -0.25) is 9.59 Å². The summed E-state index contributed by atoms with van der Waals surface area (Å²) >= 11 is 0. The third-order valence-electron chi connectivity index (χ3n) is 3.82. The number of amides is 2. The summed E-state index contributed by atoms with van der Waals surface area (Å²) in [5.41, 5.74) is 0.595. The first-order valence-corrected chi connectivity index (χ1v) is 8.10. The Morgan fingerprint density at radius 1 is 1.04 bits per heavy atom. The summed E-state index contributed by atoms with van der Waals surface area (Å²) in [5, 5.41) is 2.47. The van der Waals surface area contributed by atoms with Crippen molar-refractivity contribution in [2.45, 2.75) is 13.3 Å². The fraction of sp³-hybridized carbons (Fsp3) is 0.263. The van der Waals surface area contributed by atoms with Gasteiger partial charge in [-0.15, -0.1) is 0 Å². The summed E-state index contributed by atoms with van der Waals surface area (Å²) in [4.78, 5) is 25.6. The van der Waals surface area contributed by atoms with Gasteiger partial charge in [0, 0.05) is 37.7 Å². The van der Waals surface area contributed by atoms with Crippen LogP contribution in [0.1, 0.15) is 13.3 Å². The normalized spacial score (nSPS) is 10.3. The maximum atomic E-state index is 13.2. The van der Waals surface area contributed by atoms with Crippen LogP contribution in [0.4, 0.5) is 20.2 Å². The molecule has 0 atom stereocenters. The Morgan fingerprint density at radius 2 is 1.78 bits per heavy atom. The molecule has 0 aliphatic heterocycles. The number of nitrogens with zero attached hydrogens (tertiary/aromatic N) is 1. The molecule has 144 valence electrons. The molecule has 0 saturated heterocycles. The van der Waals surface area contributed by atoms with Crippen LogP contribution in [0, 0.1) is 11.6 Å². The third kappa shape index (κ3) is 5.16. The molecule has 2 amide bonds. The van der Waals surface area contributed by atoms with Crippen LogP contribution < -0.4 is 19.7 Å². The highest BCUT2D eigenvalue weighted by Crippen LogP contribution is 2.32. The summed E-state index contributed by atoms with van der Waals surface area (Å²) in [6, 6.07) is 8.05. The van der Waals surface area contributed by atoms with Crippen molar-refractivity contribution in [1.82, 2.24) is 0 Å². The third-order valence-corrected chi connectivity index (χ3v) is 3.82. The van der Waals surface area contributed by atoms with E-state index in [9.17, 15) is 18.4 Å². The number of methoxy groups -OCH3 is 2. The van der Waals surface area contributed by atoms with Gasteiger partial charge in [0.25, 0.3) is 0 Å². The first-order chi connectivity index (χ1) is 12.8. The van der Waals surface area contributed by atoms with Crippen LogP contribution in [-0.4, -0.2) is 32.6 Å². The van der Waals surface area contributed by atoms with E-state index in [1.807, 2.05) is 0 Å². The monoisotopic (exact) mass is 378 g/mol. The molecule has 27 heavy (non-hydrogen) atoms. The van der Waals surface area contributed by atoms with E-state index in [2.05, 4.69) is 5.32 Å². The van der Waals surface area contributed by atoms with E-state index in [1.165, 1.54) is 32.1 Å². The molecule has 0 saturated carbocycles. The van der Waals surface area contributed by atoms with Crippen LogP contribution in [0.2, 0.25) is 0 Å². The number of rotatable bonds is 7. The van der Waals surface area contributed by atoms with Crippen molar-refractivity contribution in [2.24, 2.45) is 0 Å². The predicted octanol–water partition coefficient (Wildman–Crippen LogP) is 3.36. The number of carbonyl (C=O) groups is 2. The molecular formula is C19H20F2N2O4. The zero-order chi connectivity index (χ0) is 20.0. The fourth-order valence-corrected chi connectivity index (χ4v) is 2.47. The molecule has 0 radical (unpaired) electrons. The maximum Gasteiger partial charge on any atom is 0.226 e. The molecule has 0 spiro atoms. The number of hydrogen-bond acceptors (Lipinski definition) is 4. The second kappa shape index (κ2) is 8.98. The number of carbonyl (C=O) groups excluding carboxylic acids is 2. The van der Waals surface area contributed by atoms with Gasteiger partial charge in [-0.2, -0.15) is 0 Å². The maximum absolute atomic E-state index is 13.2. The highest BCUT2D eigenvalue weighted by molar-refractivity contribution is 5.96. The number of hydrogen-bond donors (Lipinski definition) is 1. The van der Waals surface area contributed by atoms with Gasteiger partial charge >= 0.3 is 0 Å².